The number of aromatic amines is 1. The van der Waals surface area contributed by atoms with Gasteiger partial charge < -0.3 is 14.8 Å². The largest absolute Gasteiger partial charge is 0.396 e. The van der Waals surface area contributed by atoms with Gasteiger partial charge in [-0.25, -0.2) is 9.37 Å². The van der Waals surface area contributed by atoms with E-state index >= 15 is 0 Å². The summed E-state index contributed by atoms with van der Waals surface area (Å²) in [6.07, 6.45) is 1.16. The number of alkyl halides is 1. The number of amides is 1. The first-order valence-electron chi connectivity index (χ1n) is 8.22. The number of allylic oxidation sites excluding steroid dienone is 1. The number of nitrogens with one attached hydrogen (secondary N) is 2. The van der Waals surface area contributed by atoms with E-state index in [4.69, 9.17) is 0 Å². The van der Waals surface area contributed by atoms with Crippen LogP contribution in [0.25, 0.3) is 11.2 Å². The lowest BCUT2D eigenvalue weighted by Crippen LogP contribution is -2.40. The highest BCUT2D eigenvalue weighted by Crippen LogP contribution is 2.31. The zero-order valence-corrected chi connectivity index (χ0v) is 14.3. The van der Waals surface area contributed by atoms with Crippen LogP contribution in [0.4, 0.5) is 10.3 Å². The molecule has 26 heavy (non-hydrogen) atoms. The highest BCUT2D eigenvalue weighted by molar-refractivity contribution is 5.91. The van der Waals surface area contributed by atoms with Crippen LogP contribution < -0.4 is 10.9 Å². The van der Waals surface area contributed by atoms with Gasteiger partial charge >= 0.3 is 0 Å². The molecule has 1 aliphatic rings. The fraction of sp³-hybridized carbons (Fsp3) is 0.500. The van der Waals surface area contributed by atoms with Crippen molar-refractivity contribution in [3.8, 4) is 0 Å². The number of hydrogen-bond acceptors (Lipinski definition) is 6. The number of hydrogen-bond donors (Lipinski definition) is 4. The number of aliphatic hydroxyl groups is 2. The molecule has 4 N–H and O–H groups in total. The topological polar surface area (TPSA) is 133 Å². The fourth-order valence-electron chi connectivity index (χ4n) is 2.79. The van der Waals surface area contributed by atoms with E-state index in [2.05, 4.69) is 20.3 Å². The summed E-state index contributed by atoms with van der Waals surface area (Å²) < 4.78 is 16.0. The molecule has 140 valence electrons. The minimum Gasteiger partial charge on any atom is -0.396 e. The summed E-state index contributed by atoms with van der Waals surface area (Å²) in [7, 11) is 0. The first kappa shape index (κ1) is 18.2. The van der Waals surface area contributed by atoms with Gasteiger partial charge in [-0.15, -0.1) is 0 Å². The predicted molar refractivity (Wildman–Crippen MR) is 91.3 cm³/mol. The Labute approximate surface area is 147 Å². The van der Waals surface area contributed by atoms with E-state index in [0.717, 1.165) is 0 Å². The maximum Gasteiger partial charge on any atom is 0.280 e. The summed E-state index contributed by atoms with van der Waals surface area (Å²) in [5.74, 6) is -1.41. The van der Waals surface area contributed by atoms with Gasteiger partial charge in [-0.05, 0) is 0 Å². The molecule has 0 aliphatic heterocycles. The Bertz CT molecular complexity index is 906. The van der Waals surface area contributed by atoms with Gasteiger partial charge in [0.15, 0.2) is 17.3 Å². The normalized spacial score (nSPS) is 25.8. The monoisotopic (exact) mass is 365 g/mol. The second-order valence-corrected chi connectivity index (χ2v) is 6.54. The minimum atomic E-state index is -1.72. The number of aromatic nitrogens is 4. The van der Waals surface area contributed by atoms with Crippen molar-refractivity contribution in [2.75, 3.05) is 11.9 Å². The number of rotatable bonds is 4. The van der Waals surface area contributed by atoms with Gasteiger partial charge in [0.25, 0.3) is 5.56 Å². The van der Waals surface area contributed by atoms with Crippen LogP contribution in [0.3, 0.4) is 0 Å². The van der Waals surface area contributed by atoms with E-state index in [-0.39, 0.29) is 35.5 Å². The number of carbonyl (C=O) groups excluding carboxylic acids is 1. The summed E-state index contributed by atoms with van der Waals surface area (Å²) in [6, 6.07) is -0.944. The van der Waals surface area contributed by atoms with Crippen molar-refractivity contribution in [2.24, 2.45) is 11.8 Å². The summed E-state index contributed by atoms with van der Waals surface area (Å²) in [5.41, 5.74) is -0.497. The molecule has 0 fully saturated rings. The fourth-order valence-corrected chi connectivity index (χ4v) is 2.79. The summed E-state index contributed by atoms with van der Waals surface area (Å²) in [5, 5.41) is 21.7. The molecule has 0 spiro atoms. The number of nitrogens with zero attached hydrogens (tertiary/aromatic N) is 3. The van der Waals surface area contributed by atoms with E-state index in [1.54, 1.807) is 13.8 Å². The average molecular weight is 365 g/mol. The molecule has 2 heterocycles. The molecule has 0 unspecified atom stereocenters. The second kappa shape index (κ2) is 6.96. The van der Waals surface area contributed by atoms with Gasteiger partial charge in [-0.1, -0.05) is 26.0 Å². The highest BCUT2D eigenvalue weighted by atomic mass is 19.1. The van der Waals surface area contributed by atoms with Gasteiger partial charge in [0, 0.05) is 11.8 Å². The van der Waals surface area contributed by atoms with Crippen LogP contribution in [0.2, 0.25) is 0 Å². The van der Waals surface area contributed by atoms with Crippen LogP contribution in [0.5, 0.6) is 0 Å². The highest BCUT2D eigenvalue weighted by Gasteiger charge is 2.37. The van der Waals surface area contributed by atoms with Crippen molar-refractivity contribution < 1.29 is 19.4 Å². The molecule has 2 aromatic heterocycles. The molecule has 3 rings (SSSR count). The van der Waals surface area contributed by atoms with Crippen LogP contribution in [-0.2, 0) is 4.79 Å². The Morgan fingerprint density at radius 3 is 2.85 bits per heavy atom. The predicted octanol–water partition coefficient (Wildman–Crippen LogP) is 0.132. The standard InChI is InChI=1S/C16H20FN5O4/c1-7(2)14(25)20-16-19-13-11(15(26)21-16)18-6-22(13)9-4-3-8(5-23)12(24)10(9)17/h3-4,6-10,12,23-24H,5H2,1-2H3,(H2,19,20,21,25,26)/t8-,9-,10+,12-/m1/s1. The third-order valence-electron chi connectivity index (χ3n) is 4.38. The van der Waals surface area contributed by atoms with E-state index < -0.39 is 29.8 Å². The number of anilines is 1. The Morgan fingerprint density at radius 1 is 1.46 bits per heavy atom. The molecule has 9 nitrogen and oxygen atoms in total. The molecule has 10 heteroatoms. The van der Waals surface area contributed by atoms with Gasteiger partial charge in [0.2, 0.25) is 11.9 Å². The zero-order chi connectivity index (χ0) is 19.0. The second-order valence-electron chi connectivity index (χ2n) is 6.54. The maximum absolute atomic E-state index is 14.6. The van der Waals surface area contributed by atoms with Crippen molar-refractivity contribution in [1.82, 2.24) is 19.5 Å². The summed E-state index contributed by atoms with van der Waals surface area (Å²) in [6.45, 7) is 3.00. The first-order chi connectivity index (χ1) is 12.3. The lowest BCUT2D eigenvalue weighted by atomic mass is 9.88. The maximum atomic E-state index is 14.6. The van der Waals surface area contributed by atoms with Crippen molar-refractivity contribution in [3.05, 3.63) is 28.8 Å². The van der Waals surface area contributed by atoms with Crippen molar-refractivity contribution >= 4 is 23.0 Å². The lowest BCUT2D eigenvalue weighted by molar-refractivity contribution is -0.118. The van der Waals surface area contributed by atoms with Crippen molar-refractivity contribution in [1.29, 1.82) is 0 Å². The van der Waals surface area contributed by atoms with Crippen LogP contribution in [0, 0.1) is 11.8 Å². The number of H-pyrrole nitrogens is 1. The van der Waals surface area contributed by atoms with Crippen LogP contribution in [0.15, 0.2) is 23.3 Å². The van der Waals surface area contributed by atoms with Crippen LogP contribution in [-0.4, -0.2) is 54.5 Å². The number of fused-ring (bicyclic) bond motifs is 1. The van der Waals surface area contributed by atoms with Gasteiger partial charge in [-0.2, -0.15) is 4.98 Å². The molecule has 1 amide bonds. The molecule has 1 aliphatic carbocycles. The Kier molecular flexibility index (Phi) is 4.88. The number of halogens is 1. The van der Waals surface area contributed by atoms with E-state index in [1.807, 2.05) is 0 Å². The molecule has 0 saturated carbocycles. The molecular formula is C16H20FN5O4. The average Bonchev–Trinajstić information content (AvgIpc) is 3.01. The Morgan fingerprint density at radius 2 is 2.19 bits per heavy atom. The number of carbonyl (C=O) groups is 1. The SMILES string of the molecule is CC(C)C(=O)Nc1nc2c(ncn2[C@@H]2C=C[C@H](CO)[C@@H](O)[C@H]2F)c(=O)[nH]1. The summed E-state index contributed by atoms with van der Waals surface area (Å²) in [4.78, 5) is 34.6. The lowest BCUT2D eigenvalue weighted by Gasteiger charge is -2.31. The Balaban J connectivity index is 2.03. The number of aliphatic hydroxyl groups excluding tert-OH is 2. The number of imidazole rings is 1. The van der Waals surface area contributed by atoms with E-state index in [0.29, 0.717) is 0 Å². The van der Waals surface area contributed by atoms with Crippen LogP contribution in [0.1, 0.15) is 19.9 Å². The van der Waals surface area contributed by atoms with Gasteiger partial charge in [-0.3, -0.25) is 19.9 Å². The van der Waals surface area contributed by atoms with Gasteiger partial charge in [0.05, 0.1) is 25.1 Å². The third kappa shape index (κ3) is 3.13. The molecule has 2 aromatic rings. The smallest absolute Gasteiger partial charge is 0.280 e. The van der Waals surface area contributed by atoms with E-state index in [1.165, 1.54) is 23.0 Å². The molecule has 0 aromatic carbocycles. The third-order valence-corrected chi connectivity index (χ3v) is 4.38. The quantitative estimate of drug-likeness (QED) is 0.569. The van der Waals surface area contributed by atoms with Crippen molar-refractivity contribution in [2.45, 2.75) is 32.2 Å². The van der Waals surface area contributed by atoms with Crippen LogP contribution >= 0.6 is 0 Å². The minimum absolute atomic E-state index is 0.00748. The van der Waals surface area contributed by atoms with Crippen molar-refractivity contribution in [3.63, 3.8) is 0 Å². The molecular weight excluding hydrogens is 345 g/mol. The molecule has 0 saturated heterocycles. The molecule has 0 bridgehead atoms. The first-order valence-corrected chi connectivity index (χ1v) is 8.22. The summed E-state index contributed by atoms with van der Waals surface area (Å²) >= 11 is 0. The molecule has 4 atom stereocenters. The van der Waals surface area contributed by atoms with E-state index in [9.17, 15) is 24.2 Å². The van der Waals surface area contributed by atoms with Gasteiger partial charge in [0.1, 0.15) is 0 Å². The molecule has 0 radical (unpaired) electrons. The zero-order valence-electron chi connectivity index (χ0n) is 14.3. The Hall–Kier alpha value is -2.59.